The number of hydrogen-bond donors (Lipinski definition) is 1. The number of rotatable bonds is 10. The lowest BCUT2D eigenvalue weighted by Crippen LogP contribution is -2.13. The molecular formula is C19H22O5. The third kappa shape index (κ3) is 6.02. The maximum Gasteiger partial charge on any atom is 0.341 e. The van der Waals surface area contributed by atoms with Gasteiger partial charge in [0.15, 0.2) is 0 Å². The van der Waals surface area contributed by atoms with Crippen LogP contribution in [0.5, 0.6) is 5.75 Å². The van der Waals surface area contributed by atoms with E-state index < -0.39 is 5.97 Å². The lowest BCUT2D eigenvalue weighted by atomic mass is 10.2. The summed E-state index contributed by atoms with van der Waals surface area (Å²) in [5.41, 5.74) is 1.52. The molecule has 0 fully saturated rings. The zero-order chi connectivity index (χ0) is 17.0. The molecule has 0 aliphatic heterocycles. The molecule has 0 saturated heterocycles. The number of aliphatic hydroxyl groups is 1. The van der Waals surface area contributed by atoms with Gasteiger partial charge in [0.1, 0.15) is 17.9 Å². The second kappa shape index (κ2) is 10.4. The van der Waals surface area contributed by atoms with Gasteiger partial charge in [-0.25, -0.2) is 4.79 Å². The van der Waals surface area contributed by atoms with Crippen LogP contribution in [0.2, 0.25) is 0 Å². The van der Waals surface area contributed by atoms with Crippen molar-refractivity contribution in [2.75, 3.05) is 33.0 Å². The van der Waals surface area contributed by atoms with E-state index in [1.165, 1.54) is 0 Å². The normalized spacial score (nSPS) is 10.4. The number of hydrogen-bond acceptors (Lipinski definition) is 5. The molecular weight excluding hydrogens is 308 g/mol. The molecule has 2 rings (SSSR count). The van der Waals surface area contributed by atoms with Crippen LogP contribution in [0.15, 0.2) is 54.6 Å². The number of aliphatic hydroxyl groups excluding tert-OH is 1. The van der Waals surface area contributed by atoms with E-state index in [9.17, 15) is 4.79 Å². The lowest BCUT2D eigenvalue weighted by molar-refractivity contribution is 0.0496. The molecule has 0 atom stereocenters. The third-order valence-corrected chi connectivity index (χ3v) is 3.29. The summed E-state index contributed by atoms with van der Waals surface area (Å²) in [5, 5.41) is 8.64. The lowest BCUT2D eigenvalue weighted by Gasteiger charge is -2.11. The average Bonchev–Trinajstić information content (AvgIpc) is 2.63. The van der Waals surface area contributed by atoms with Gasteiger partial charge in [0.05, 0.1) is 26.4 Å². The molecule has 0 heterocycles. The molecule has 0 aliphatic rings. The van der Waals surface area contributed by atoms with E-state index in [1.807, 2.05) is 30.3 Å². The van der Waals surface area contributed by atoms with Crippen LogP contribution in [0.1, 0.15) is 15.9 Å². The van der Waals surface area contributed by atoms with Crippen molar-refractivity contribution < 1.29 is 24.1 Å². The molecule has 0 saturated carbocycles. The Morgan fingerprint density at radius 2 is 1.62 bits per heavy atom. The number of carbonyl (C=O) groups excluding carboxylic acids is 1. The van der Waals surface area contributed by atoms with E-state index in [2.05, 4.69) is 0 Å². The molecule has 5 heteroatoms. The van der Waals surface area contributed by atoms with Crippen LogP contribution < -0.4 is 4.74 Å². The van der Waals surface area contributed by atoms with Crippen LogP contribution in [0.4, 0.5) is 0 Å². The zero-order valence-electron chi connectivity index (χ0n) is 13.5. The highest BCUT2D eigenvalue weighted by Gasteiger charge is 2.13. The van der Waals surface area contributed by atoms with Gasteiger partial charge in [-0.1, -0.05) is 42.5 Å². The maximum atomic E-state index is 12.2. The van der Waals surface area contributed by atoms with Gasteiger partial charge in [-0.2, -0.15) is 0 Å². The van der Waals surface area contributed by atoms with Gasteiger partial charge in [0.25, 0.3) is 0 Å². The minimum Gasteiger partial charge on any atom is -0.490 e. The van der Waals surface area contributed by atoms with Crippen molar-refractivity contribution in [3.8, 4) is 5.75 Å². The van der Waals surface area contributed by atoms with Crippen molar-refractivity contribution in [1.82, 2.24) is 0 Å². The summed E-state index contributed by atoms with van der Waals surface area (Å²) in [4.78, 5) is 12.2. The Kier molecular flexibility index (Phi) is 7.80. The molecule has 0 aliphatic carbocycles. The van der Waals surface area contributed by atoms with Gasteiger partial charge < -0.3 is 19.3 Å². The van der Waals surface area contributed by atoms with Crippen LogP contribution in [-0.2, 0) is 15.9 Å². The van der Waals surface area contributed by atoms with Gasteiger partial charge in [-0.05, 0) is 17.7 Å². The van der Waals surface area contributed by atoms with Crippen molar-refractivity contribution in [3.63, 3.8) is 0 Å². The van der Waals surface area contributed by atoms with Crippen molar-refractivity contribution >= 4 is 5.97 Å². The second-order valence-corrected chi connectivity index (χ2v) is 5.05. The minimum absolute atomic E-state index is 0.0235. The second-order valence-electron chi connectivity index (χ2n) is 5.05. The first-order chi connectivity index (χ1) is 11.8. The zero-order valence-corrected chi connectivity index (χ0v) is 13.5. The highest BCUT2D eigenvalue weighted by Crippen LogP contribution is 2.19. The van der Waals surface area contributed by atoms with Crippen molar-refractivity contribution in [2.45, 2.75) is 6.42 Å². The number of benzene rings is 2. The molecule has 24 heavy (non-hydrogen) atoms. The topological polar surface area (TPSA) is 65.0 Å². The smallest absolute Gasteiger partial charge is 0.341 e. The summed E-state index contributed by atoms with van der Waals surface area (Å²) in [6.07, 6.45) is 0.671. The van der Waals surface area contributed by atoms with Gasteiger partial charge in [0.2, 0.25) is 0 Å². The van der Waals surface area contributed by atoms with Crippen LogP contribution in [-0.4, -0.2) is 44.1 Å². The fraction of sp³-hybridized carbons (Fsp3) is 0.316. The molecule has 0 radical (unpaired) electrons. The number of esters is 1. The summed E-state index contributed by atoms with van der Waals surface area (Å²) >= 11 is 0. The van der Waals surface area contributed by atoms with Crippen molar-refractivity contribution in [2.24, 2.45) is 0 Å². The van der Waals surface area contributed by atoms with E-state index in [0.29, 0.717) is 37.6 Å². The third-order valence-electron chi connectivity index (χ3n) is 3.29. The van der Waals surface area contributed by atoms with E-state index in [1.54, 1.807) is 24.3 Å². The Bertz CT molecular complexity index is 612. The van der Waals surface area contributed by atoms with E-state index in [4.69, 9.17) is 19.3 Å². The Labute approximate surface area is 141 Å². The van der Waals surface area contributed by atoms with Gasteiger partial charge in [-0.3, -0.25) is 0 Å². The fourth-order valence-corrected chi connectivity index (χ4v) is 2.12. The molecule has 5 nitrogen and oxygen atoms in total. The summed E-state index contributed by atoms with van der Waals surface area (Å²) in [6.45, 7) is 1.21. The molecule has 0 aromatic heterocycles. The maximum absolute atomic E-state index is 12.2. The predicted molar refractivity (Wildman–Crippen MR) is 90.3 cm³/mol. The molecule has 2 aromatic rings. The van der Waals surface area contributed by atoms with E-state index >= 15 is 0 Å². The fourth-order valence-electron chi connectivity index (χ4n) is 2.12. The molecule has 0 unspecified atom stereocenters. The molecule has 128 valence electrons. The van der Waals surface area contributed by atoms with Crippen molar-refractivity contribution in [1.29, 1.82) is 0 Å². The summed E-state index contributed by atoms with van der Waals surface area (Å²) in [5.74, 6) is 0.0626. The average molecular weight is 330 g/mol. The van der Waals surface area contributed by atoms with Crippen LogP contribution >= 0.6 is 0 Å². The molecule has 1 N–H and O–H groups in total. The van der Waals surface area contributed by atoms with Gasteiger partial charge >= 0.3 is 5.97 Å². The number of ether oxygens (including phenoxy) is 3. The Hall–Kier alpha value is -2.37. The Morgan fingerprint density at radius 3 is 2.42 bits per heavy atom. The highest BCUT2D eigenvalue weighted by atomic mass is 16.5. The SMILES string of the molecule is O=C(OCCc1ccccc1)c1ccccc1OCCOCCO. The van der Waals surface area contributed by atoms with Gasteiger partial charge in [0, 0.05) is 6.42 Å². The molecule has 0 bridgehead atoms. The summed E-state index contributed by atoms with van der Waals surface area (Å²) < 4.78 is 16.0. The number of para-hydroxylation sites is 1. The molecule has 2 aromatic carbocycles. The first-order valence-corrected chi connectivity index (χ1v) is 7.92. The van der Waals surface area contributed by atoms with Crippen molar-refractivity contribution in [3.05, 3.63) is 65.7 Å². The summed E-state index contributed by atoms with van der Waals surface area (Å²) in [6, 6.07) is 16.8. The van der Waals surface area contributed by atoms with E-state index in [-0.39, 0.29) is 13.2 Å². The molecule has 0 spiro atoms. The van der Waals surface area contributed by atoms with E-state index in [0.717, 1.165) is 5.56 Å². The quantitative estimate of drug-likeness (QED) is 0.535. The first-order valence-electron chi connectivity index (χ1n) is 7.92. The largest absolute Gasteiger partial charge is 0.490 e. The van der Waals surface area contributed by atoms with Crippen LogP contribution in [0.25, 0.3) is 0 Å². The monoisotopic (exact) mass is 330 g/mol. The highest BCUT2D eigenvalue weighted by molar-refractivity contribution is 5.92. The molecule has 0 amide bonds. The Morgan fingerprint density at radius 1 is 0.875 bits per heavy atom. The Balaban J connectivity index is 1.82. The first kappa shape index (κ1) is 18.0. The van der Waals surface area contributed by atoms with Gasteiger partial charge in [-0.15, -0.1) is 0 Å². The van der Waals surface area contributed by atoms with Crippen LogP contribution in [0, 0.1) is 0 Å². The summed E-state index contributed by atoms with van der Waals surface area (Å²) in [7, 11) is 0. The predicted octanol–water partition coefficient (Wildman–Crippen LogP) is 2.47. The van der Waals surface area contributed by atoms with Crippen LogP contribution in [0.3, 0.4) is 0 Å². The standard InChI is InChI=1S/C19H22O5/c20-11-13-22-14-15-23-18-9-5-4-8-17(18)19(21)24-12-10-16-6-2-1-3-7-16/h1-9,20H,10-15H2. The minimum atomic E-state index is -0.405. The number of carbonyl (C=O) groups is 1.